The van der Waals surface area contributed by atoms with E-state index in [2.05, 4.69) is 15.1 Å². The molecule has 0 saturated carbocycles. The Hall–Kier alpha value is -2.26. The van der Waals surface area contributed by atoms with Crippen molar-refractivity contribution >= 4 is 40.9 Å². The zero-order valence-corrected chi connectivity index (χ0v) is 13.6. The van der Waals surface area contributed by atoms with Gasteiger partial charge in [0.15, 0.2) is 13.0 Å². The van der Waals surface area contributed by atoms with E-state index in [0.717, 1.165) is 11.8 Å². The summed E-state index contributed by atoms with van der Waals surface area (Å²) in [5.74, 6) is -2.21. The van der Waals surface area contributed by atoms with Crippen LogP contribution in [0.4, 0.5) is 5.69 Å². The number of carbonyl (C=O) groups excluding carboxylic acids is 1. The molecule has 0 saturated heterocycles. The normalized spacial score (nSPS) is 12.0. The standard InChI is InChI=1S/C13H12ClN3O5S/c1-6(23-11-13(21)22-16-17(11)2)10(18)15-9-5-7(12(19)20)3-4-8(9)14/h3-6H,1-2H3,(H2-,15,16,18,19,20,21). The first-order chi connectivity index (χ1) is 10.8. The van der Waals surface area contributed by atoms with Gasteiger partial charge < -0.3 is 20.1 Å². The molecule has 2 rings (SSSR count). The van der Waals surface area contributed by atoms with E-state index in [1.54, 1.807) is 6.92 Å². The number of nitrogens with zero attached hydrogens (tertiary/aromatic N) is 2. The van der Waals surface area contributed by atoms with Crippen LogP contribution in [0.3, 0.4) is 0 Å². The van der Waals surface area contributed by atoms with E-state index in [0.29, 0.717) is 0 Å². The number of aryl methyl sites for hydroxylation is 1. The Morgan fingerprint density at radius 3 is 2.78 bits per heavy atom. The Kier molecular flexibility index (Phi) is 5.12. The Morgan fingerprint density at radius 1 is 1.52 bits per heavy atom. The fourth-order valence-electron chi connectivity index (χ4n) is 1.64. The van der Waals surface area contributed by atoms with Gasteiger partial charge in [0.05, 0.1) is 26.8 Å². The molecule has 2 aromatic rings. The van der Waals surface area contributed by atoms with Gasteiger partial charge >= 0.3 is 5.97 Å². The van der Waals surface area contributed by atoms with E-state index in [1.807, 2.05) is 0 Å². The lowest BCUT2D eigenvalue weighted by molar-refractivity contribution is -0.772. The van der Waals surface area contributed by atoms with Gasteiger partial charge in [-0.05, 0) is 36.9 Å². The molecule has 1 aromatic carbocycles. The van der Waals surface area contributed by atoms with Gasteiger partial charge in [0.1, 0.15) is 0 Å². The topological polar surface area (TPSA) is 119 Å². The monoisotopic (exact) mass is 357 g/mol. The molecule has 122 valence electrons. The third kappa shape index (κ3) is 3.93. The first kappa shape index (κ1) is 17.1. The molecule has 1 unspecified atom stereocenters. The molecule has 23 heavy (non-hydrogen) atoms. The average molecular weight is 358 g/mol. The second-order valence-corrected chi connectivity index (χ2v) is 6.27. The number of anilines is 1. The van der Waals surface area contributed by atoms with Crippen molar-refractivity contribution in [1.29, 1.82) is 0 Å². The number of carboxylic acid groups (broad SMARTS) is 1. The molecule has 1 atom stereocenters. The van der Waals surface area contributed by atoms with Crippen LogP contribution < -0.4 is 15.1 Å². The van der Waals surface area contributed by atoms with Crippen LogP contribution >= 0.6 is 23.4 Å². The van der Waals surface area contributed by atoms with Gasteiger partial charge in [-0.15, -0.1) is 0 Å². The number of carbonyl (C=O) groups is 2. The lowest BCUT2D eigenvalue weighted by Crippen LogP contribution is -2.33. The molecular formula is C13H12ClN3O5S. The van der Waals surface area contributed by atoms with Crippen LogP contribution in [-0.2, 0) is 11.8 Å². The third-order valence-electron chi connectivity index (χ3n) is 2.84. The molecule has 2 N–H and O–H groups in total. The summed E-state index contributed by atoms with van der Waals surface area (Å²) in [5, 5.41) is 26.1. The van der Waals surface area contributed by atoms with Gasteiger partial charge in [-0.25, -0.2) is 4.79 Å². The van der Waals surface area contributed by atoms with Crippen LogP contribution in [0, 0.1) is 0 Å². The molecule has 0 aliphatic rings. The Bertz CT molecular complexity index is 745. The number of halogens is 1. The SMILES string of the molecule is CC(Sc1c([O-])on[n+]1C)C(=O)Nc1cc(C(=O)O)ccc1Cl. The molecule has 0 spiro atoms. The van der Waals surface area contributed by atoms with E-state index >= 15 is 0 Å². The minimum absolute atomic E-state index is 0.00251. The molecule has 0 aliphatic carbocycles. The van der Waals surface area contributed by atoms with Gasteiger partial charge in [0.25, 0.3) is 5.03 Å². The van der Waals surface area contributed by atoms with Crippen molar-refractivity contribution in [1.82, 2.24) is 5.27 Å². The second-order valence-electron chi connectivity index (χ2n) is 4.54. The van der Waals surface area contributed by atoms with Crippen LogP contribution in [0.15, 0.2) is 27.7 Å². The highest BCUT2D eigenvalue weighted by molar-refractivity contribution is 8.00. The fraction of sp³-hybridized carbons (Fsp3) is 0.231. The lowest BCUT2D eigenvalue weighted by Gasteiger charge is -2.12. The van der Waals surface area contributed by atoms with Crippen molar-refractivity contribution in [3.05, 3.63) is 28.8 Å². The number of aromatic carboxylic acids is 1. The summed E-state index contributed by atoms with van der Waals surface area (Å²) in [6.07, 6.45) is 0. The highest BCUT2D eigenvalue weighted by atomic mass is 35.5. The van der Waals surface area contributed by atoms with Gasteiger partial charge in [0, 0.05) is 0 Å². The van der Waals surface area contributed by atoms with E-state index in [-0.39, 0.29) is 21.3 Å². The van der Waals surface area contributed by atoms with Crippen LogP contribution in [0.25, 0.3) is 0 Å². The Balaban J connectivity index is 2.12. The van der Waals surface area contributed by atoms with Gasteiger partial charge in [0.2, 0.25) is 5.91 Å². The zero-order valence-electron chi connectivity index (χ0n) is 12.1. The number of hydrogen-bond acceptors (Lipinski definition) is 6. The molecule has 0 fully saturated rings. The molecule has 0 bridgehead atoms. The maximum Gasteiger partial charge on any atom is 0.335 e. The molecule has 0 aliphatic heterocycles. The maximum absolute atomic E-state index is 12.2. The van der Waals surface area contributed by atoms with Gasteiger partial charge in [-0.2, -0.15) is 0 Å². The van der Waals surface area contributed by atoms with E-state index in [1.165, 1.54) is 29.9 Å². The van der Waals surface area contributed by atoms with Crippen LogP contribution in [0.1, 0.15) is 17.3 Å². The maximum atomic E-state index is 12.2. The smallest absolute Gasteiger partial charge is 0.335 e. The molecule has 1 amide bonds. The van der Waals surface area contributed by atoms with Crippen molar-refractivity contribution < 1.29 is 29.0 Å². The van der Waals surface area contributed by atoms with Gasteiger partial charge in [-0.1, -0.05) is 16.3 Å². The number of nitrogens with one attached hydrogen (secondary N) is 1. The minimum Gasteiger partial charge on any atom is -0.538 e. The van der Waals surface area contributed by atoms with Gasteiger partial charge in [-0.3, -0.25) is 4.79 Å². The van der Waals surface area contributed by atoms with Crippen LogP contribution in [0.2, 0.25) is 5.02 Å². The molecule has 10 heteroatoms. The number of rotatable bonds is 5. The molecule has 1 aromatic heterocycles. The Morgan fingerprint density at radius 2 is 2.22 bits per heavy atom. The largest absolute Gasteiger partial charge is 0.538 e. The molecular weight excluding hydrogens is 346 g/mol. The number of amides is 1. The zero-order chi connectivity index (χ0) is 17.1. The van der Waals surface area contributed by atoms with E-state index in [4.69, 9.17) is 16.7 Å². The van der Waals surface area contributed by atoms with Crippen LogP contribution in [-0.4, -0.2) is 27.5 Å². The van der Waals surface area contributed by atoms with Crippen LogP contribution in [0.5, 0.6) is 5.95 Å². The summed E-state index contributed by atoms with van der Waals surface area (Å²) in [6.45, 7) is 1.58. The van der Waals surface area contributed by atoms with E-state index in [9.17, 15) is 14.7 Å². The summed E-state index contributed by atoms with van der Waals surface area (Å²) < 4.78 is 5.70. The summed E-state index contributed by atoms with van der Waals surface area (Å²) in [4.78, 5) is 23.2. The molecule has 0 radical (unpaired) electrons. The highest BCUT2D eigenvalue weighted by Crippen LogP contribution is 2.28. The summed E-state index contributed by atoms with van der Waals surface area (Å²) >= 11 is 6.92. The number of carboxylic acids is 1. The lowest BCUT2D eigenvalue weighted by atomic mass is 10.2. The van der Waals surface area contributed by atoms with Crippen molar-refractivity contribution in [3.8, 4) is 5.95 Å². The third-order valence-corrected chi connectivity index (χ3v) is 4.39. The van der Waals surface area contributed by atoms with Crippen molar-refractivity contribution in [2.45, 2.75) is 17.2 Å². The van der Waals surface area contributed by atoms with Crippen molar-refractivity contribution in [3.63, 3.8) is 0 Å². The second kappa shape index (κ2) is 6.88. The first-order valence-corrected chi connectivity index (χ1v) is 7.58. The summed E-state index contributed by atoms with van der Waals surface area (Å²) in [7, 11) is 1.52. The Labute approximate surface area is 140 Å². The number of hydrogen-bond donors (Lipinski definition) is 2. The number of thioether (sulfide) groups is 1. The number of aromatic nitrogens is 2. The fourth-order valence-corrected chi connectivity index (χ4v) is 2.63. The highest BCUT2D eigenvalue weighted by Gasteiger charge is 2.23. The number of benzene rings is 1. The molecule has 8 nitrogen and oxygen atoms in total. The van der Waals surface area contributed by atoms with E-state index < -0.39 is 23.1 Å². The van der Waals surface area contributed by atoms with Crippen molar-refractivity contribution in [2.75, 3.05) is 5.32 Å². The first-order valence-electron chi connectivity index (χ1n) is 6.33. The minimum atomic E-state index is -1.13. The predicted octanol–water partition coefficient (Wildman–Crippen LogP) is 1.04. The summed E-state index contributed by atoms with van der Waals surface area (Å²) in [6, 6.07) is 3.98. The summed E-state index contributed by atoms with van der Waals surface area (Å²) in [5.41, 5.74) is 0.179. The average Bonchev–Trinajstić information content (AvgIpc) is 2.80. The van der Waals surface area contributed by atoms with Crippen molar-refractivity contribution in [2.24, 2.45) is 7.05 Å². The molecule has 1 heterocycles. The predicted molar refractivity (Wildman–Crippen MR) is 79.5 cm³/mol. The quantitative estimate of drug-likeness (QED) is 0.606.